The van der Waals surface area contributed by atoms with Crippen molar-refractivity contribution in [2.24, 2.45) is 0 Å². The monoisotopic (exact) mass is 472 g/mol. The minimum absolute atomic E-state index is 0.159. The van der Waals surface area contributed by atoms with Crippen LogP contribution in [0.25, 0.3) is 10.9 Å². The lowest BCUT2D eigenvalue weighted by molar-refractivity contribution is -0.0881. The molecule has 34 heavy (non-hydrogen) atoms. The average Bonchev–Trinajstić information content (AvgIpc) is 3.32. The van der Waals surface area contributed by atoms with E-state index in [9.17, 15) is 18.7 Å². The van der Waals surface area contributed by atoms with Crippen LogP contribution in [0.2, 0.25) is 0 Å². The Kier molecular flexibility index (Phi) is 7.19. The summed E-state index contributed by atoms with van der Waals surface area (Å²) < 4.78 is 40.3. The molecule has 182 valence electrons. The van der Waals surface area contributed by atoms with E-state index in [-0.39, 0.29) is 30.7 Å². The van der Waals surface area contributed by atoms with Crippen LogP contribution in [0, 0.1) is 6.92 Å². The van der Waals surface area contributed by atoms with Gasteiger partial charge in [0.1, 0.15) is 5.75 Å². The number of hydrogen-bond acceptors (Lipinski definition) is 4. The zero-order chi connectivity index (χ0) is 24.4. The molecule has 4 rings (SSSR count). The van der Waals surface area contributed by atoms with Crippen LogP contribution in [0.5, 0.6) is 5.75 Å². The molecular formula is C26H30F2N2O4. The van der Waals surface area contributed by atoms with Gasteiger partial charge in [-0.3, -0.25) is 4.90 Å². The molecule has 1 fully saturated rings. The van der Waals surface area contributed by atoms with Gasteiger partial charge in [-0.1, -0.05) is 12.1 Å². The van der Waals surface area contributed by atoms with Gasteiger partial charge in [-0.25, -0.2) is 13.6 Å². The Hall–Kier alpha value is -2.97. The highest BCUT2D eigenvalue weighted by Gasteiger charge is 2.41. The molecule has 8 heteroatoms. The van der Waals surface area contributed by atoms with Crippen molar-refractivity contribution in [3.63, 3.8) is 0 Å². The number of hydrogen-bond donors (Lipinski definition) is 2. The number of methoxy groups -OCH3 is 1. The van der Waals surface area contributed by atoms with E-state index in [0.29, 0.717) is 18.8 Å². The highest BCUT2D eigenvalue weighted by atomic mass is 19.3. The Morgan fingerprint density at radius 1 is 1.24 bits per heavy atom. The minimum atomic E-state index is -2.57. The molecule has 0 saturated carbocycles. The van der Waals surface area contributed by atoms with Gasteiger partial charge >= 0.3 is 5.97 Å². The molecule has 0 spiro atoms. The molecule has 2 heterocycles. The summed E-state index contributed by atoms with van der Waals surface area (Å²) in [5.41, 5.74) is 3.76. The number of ether oxygens (including phenoxy) is 2. The molecule has 3 atom stereocenters. The summed E-state index contributed by atoms with van der Waals surface area (Å²) in [5, 5.41) is 10.2. The standard InChI is InChI=1S/C26H30F2N2O4/c1-4-34-18-12-21(16-5-7-17(8-6-16)26(31)32)30(22(13-18)25(27)28)14-20-19-9-10-29-24(19)15(2)11-23(20)33-3/h5-11,18,21-22,25,29H,4,12-14H2,1-3H3,(H,31,32)/t18-,21+,22-/m1/s1. The normalized spacial score (nSPS) is 21.3. The van der Waals surface area contributed by atoms with Crippen LogP contribution >= 0.6 is 0 Å². The molecule has 1 aromatic heterocycles. The van der Waals surface area contributed by atoms with Crippen molar-refractivity contribution in [1.29, 1.82) is 0 Å². The predicted molar refractivity (Wildman–Crippen MR) is 126 cm³/mol. The van der Waals surface area contributed by atoms with E-state index in [2.05, 4.69) is 4.98 Å². The molecule has 0 aliphatic carbocycles. The molecule has 6 nitrogen and oxygen atoms in total. The average molecular weight is 473 g/mol. The number of aromatic carboxylic acids is 1. The molecule has 0 amide bonds. The van der Waals surface area contributed by atoms with Gasteiger partial charge in [0.15, 0.2) is 0 Å². The number of carboxylic acid groups (broad SMARTS) is 1. The van der Waals surface area contributed by atoms with Crippen LogP contribution in [-0.2, 0) is 11.3 Å². The molecule has 0 unspecified atom stereocenters. The number of H-pyrrole nitrogens is 1. The molecule has 1 aliphatic heterocycles. The molecule has 1 saturated heterocycles. The van der Waals surface area contributed by atoms with E-state index in [1.807, 2.05) is 37.1 Å². The Morgan fingerprint density at radius 3 is 2.59 bits per heavy atom. The maximum Gasteiger partial charge on any atom is 0.335 e. The summed E-state index contributed by atoms with van der Waals surface area (Å²) in [4.78, 5) is 16.4. The smallest absolute Gasteiger partial charge is 0.335 e. The quantitative estimate of drug-likeness (QED) is 0.449. The number of aromatic nitrogens is 1. The lowest BCUT2D eigenvalue weighted by Gasteiger charge is -2.45. The molecular weight excluding hydrogens is 442 g/mol. The van der Waals surface area contributed by atoms with Crippen LogP contribution in [-0.4, -0.2) is 53.2 Å². The van der Waals surface area contributed by atoms with Crippen molar-refractivity contribution in [3.8, 4) is 5.75 Å². The number of carboxylic acids is 1. The number of carbonyl (C=O) groups is 1. The van der Waals surface area contributed by atoms with Crippen molar-refractivity contribution >= 4 is 16.9 Å². The number of fused-ring (bicyclic) bond motifs is 1. The van der Waals surface area contributed by atoms with E-state index < -0.39 is 18.4 Å². The third-order valence-corrected chi connectivity index (χ3v) is 6.72. The zero-order valence-electron chi connectivity index (χ0n) is 19.6. The second-order valence-electron chi connectivity index (χ2n) is 8.71. The largest absolute Gasteiger partial charge is 0.496 e. The number of benzene rings is 2. The molecule has 1 aliphatic rings. The summed E-state index contributed by atoms with van der Waals surface area (Å²) in [6.45, 7) is 4.55. The fourth-order valence-corrected chi connectivity index (χ4v) is 5.10. The van der Waals surface area contributed by atoms with Gasteiger partial charge in [0, 0.05) is 41.9 Å². The van der Waals surface area contributed by atoms with E-state index in [1.165, 1.54) is 12.1 Å². The lowest BCUT2D eigenvalue weighted by atomic mass is 9.87. The van der Waals surface area contributed by atoms with Crippen molar-refractivity contribution < 1.29 is 28.2 Å². The summed E-state index contributed by atoms with van der Waals surface area (Å²) in [5.74, 6) is -0.367. The summed E-state index contributed by atoms with van der Waals surface area (Å²) in [6, 6.07) is 8.97. The first-order valence-corrected chi connectivity index (χ1v) is 11.5. The number of halogens is 2. The lowest BCUT2D eigenvalue weighted by Crippen LogP contribution is -2.50. The minimum Gasteiger partial charge on any atom is -0.496 e. The number of likely N-dealkylation sites (tertiary alicyclic amines) is 1. The molecule has 2 aromatic carbocycles. The maximum absolute atomic E-state index is 14.4. The van der Waals surface area contributed by atoms with Crippen molar-refractivity contribution in [3.05, 3.63) is 64.8 Å². The van der Waals surface area contributed by atoms with E-state index >= 15 is 0 Å². The highest BCUT2D eigenvalue weighted by Crippen LogP contribution is 2.41. The fraction of sp³-hybridized carbons (Fsp3) is 0.423. The van der Waals surface area contributed by atoms with Crippen LogP contribution in [0.1, 0.15) is 52.9 Å². The predicted octanol–water partition coefficient (Wildman–Crippen LogP) is 5.56. The van der Waals surface area contributed by atoms with Gasteiger partial charge in [0.2, 0.25) is 0 Å². The summed E-state index contributed by atoms with van der Waals surface area (Å²) in [6.07, 6.45) is -0.277. The second-order valence-corrected chi connectivity index (χ2v) is 8.71. The zero-order valence-corrected chi connectivity index (χ0v) is 19.6. The summed E-state index contributed by atoms with van der Waals surface area (Å²) >= 11 is 0. The van der Waals surface area contributed by atoms with Gasteiger partial charge in [-0.2, -0.15) is 0 Å². The summed E-state index contributed by atoms with van der Waals surface area (Å²) in [7, 11) is 1.59. The fourth-order valence-electron chi connectivity index (χ4n) is 5.10. The van der Waals surface area contributed by atoms with Gasteiger partial charge in [0.05, 0.1) is 24.8 Å². The topological polar surface area (TPSA) is 74.8 Å². The maximum atomic E-state index is 14.4. The highest BCUT2D eigenvalue weighted by molar-refractivity contribution is 5.88. The Balaban J connectivity index is 1.79. The number of nitrogens with zero attached hydrogens (tertiary/aromatic N) is 1. The first kappa shape index (κ1) is 24.2. The first-order chi connectivity index (χ1) is 16.3. The second kappa shape index (κ2) is 10.1. The van der Waals surface area contributed by atoms with Crippen LogP contribution in [0.4, 0.5) is 8.78 Å². The van der Waals surface area contributed by atoms with E-state index in [4.69, 9.17) is 9.47 Å². The number of alkyl halides is 2. The number of aryl methyl sites for hydroxylation is 1. The van der Waals surface area contributed by atoms with Crippen molar-refractivity contribution in [2.45, 2.75) is 57.8 Å². The number of aromatic amines is 1. The van der Waals surface area contributed by atoms with E-state index in [1.54, 1.807) is 19.2 Å². The number of piperidine rings is 1. The first-order valence-electron chi connectivity index (χ1n) is 11.5. The van der Waals surface area contributed by atoms with Gasteiger partial charge in [0.25, 0.3) is 6.43 Å². The third-order valence-electron chi connectivity index (χ3n) is 6.72. The van der Waals surface area contributed by atoms with Crippen LogP contribution < -0.4 is 4.74 Å². The molecule has 3 aromatic rings. The van der Waals surface area contributed by atoms with Crippen molar-refractivity contribution in [1.82, 2.24) is 9.88 Å². The number of rotatable bonds is 8. The Bertz CT molecular complexity index is 1150. The van der Waals surface area contributed by atoms with Crippen LogP contribution in [0.15, 0.2) is 42.6 Å². The van der Waals surface area contributed by atoms with E-state index in [0.717, 1.165) is 27.6 Å². The van der Waals surface area contributed by atoms with Gasteiger partial charge in [-0.05, 0) is 62.1 Å². The van der Waals surface area contributed by atoms with Gasteiger partial charge < -0.3 is 19.6 Å². The van der Waals surface area contributed by atoms with Gasteiger partial charge in [-0.15, -0.1) is 0 Å². The number of nitrogens with one attached hydrogen (secondary N) is 1. The van der Waals surface area contributed by atoms with Crippen molar-refractivity contribution in [2.75, 3.05) is 13.7 Å². The Morgan fingerprint density at radius 2 is 1.97 bits per heavy atom. The molecule has 0 bridgehead atoms. The molecule has 2 N–H and O–H groups in total. The molecule has 0 radical (unpaired) electrons. The SMILES string of the molecule is CCO[C@H]1C[C@H](C(F)F)N(Cc2c(OC)cc(C)c3[nH]ccc23)[C@H](c2ccc(C(=O)O)cc2)C1. The third kappa shape index (κ3) is 4.65. The van der Waals surface area contributed by atoms with Crippen LogP contribution in [0.3, 0.4) is 0 Å². The Labute approximate surface area is 197 Å².